The summed E-state index contributed by atoms with van der Waals surface area (Å²) in [4.78, 5) is 4.43. The summed E-state index contributed by atoms with van der Waals surface area (Å²) < 4.78 is 0. The van der Waals surface area contributed by atoms with Gasteiger partial charge in [-0.3, -0.25) is 4.98 Å². The Morgan fingerprint density at radius 3 is 2.74 bits per heavy atom. The van der Waals surface area contributed by atoms with Crippen LogP contribution in [0.5, 0.6) is 0 Å². The number of rotatable bonds is 4. The van der Waals surface area contributed by atoms with Crippen molar-refractivity contribution in [2.75, 3.05) is 5.32 Å². The molecular weight excluding hydrogens is 327 g/mol. The highest BCUT2D eigenvalue weighted by Crippen LogP contribution is 2.45. The molecule has 2 aromatic carbocycles. The van der Waals surface area contributed by atoms with Gasteiger partial charge in [0.1, 0.15) is 0 Å². The van der Waals surface area contributed by atoms with E-state index in [2.05, 4.69) is 40.6 Å². The Kier molecular flexibility index (Phi) is 3.88. The monoisotopic (exact) mass is 342 g/mol. The molecule has 0 aliphatic heterocycles. The molecule has 1 fully saturated rings. The third-order valence-electron chi connectivity index (χ3n) is 4.34. The molecule has 23 heavy (non-hydrogen) atoms. The van der Waals surface area contributed by atoms with Crippen LogP contribution in [-0.2, 0) is 0 Å². The molecule has 4 heteroatoms. The van der Waals surface area contributed by atoms with Crippen LogP contribution >= 0.6 is 23.2 Å². The minimum atomic E-state index is 0.183. The lowest BCUT2D eigenvalue weighted by atomic mass is 10.0. The lowest BCUT2D eigenvalue weighted by Gasteiger charge is -2.22. The Morgan fingerprint density at radius 1 is 1.04 bits per heavy atom. The van der Waals surface area contributed by atoms with Crippen LogP contribution in [0.15, 0.2) is 54.7 Å². The summed E-state index contributed by atoms with van der Waals surface area (Å²) >= 11 is 12.6. The van der Waals surface area contributed by atoms with Gasteiger partial charge in [-0.15, -0.1) is 0 Å². The first kappa shape index (κ1) is 14.8. The van der Waals surface area contributed by atoms with Crippen LogP contribution in [0, 0.1) is 5.92 Å². The Hall–Kier alpha value is -1.77. The number of hydrogen-bond acceptors (Lipinski definition) is 2. The molecule has 0 bridgehead atoms. The molecule has 1 unspecified atom stereocenters. The molecule has 0 spiro atoms. The van der Waals surface area contributed by atoms with Crippen LogP contribution in [0.1, 0.15) is 24.4 Å². The SMILES string of the molecule is Clc1cccc(C(Nc2ccc3cccnc3c2)C2CC2)c1Cl. The first-order valence-electron chi connectivity index (χ1n) is 7.77. The van der Waals surface area contributed by atoms with Gasteiger partial charge in [0.05, 0.1) is 21.6 Å². The van der Waals surface area contributed by atoms with Gasteiger partial charge in [-0.25, -0.2) is 0 Å². The number of nitrogens with zero attached hydrogens (tertiary/aromatic N) is 1. The lowest BCUT2D eigenvalue weighted by Crippen LogP contribution is -2.13. The summed E-state index contributed by atoms with van der Waals surface area (Å²) in [6.45, 7) is 0. The molecule has 3 aromatic rings. The van der Waals surface area contributed by atoms with Crippen molar-refractivity contribution in [2.45, 2.75) is 18.9 Å². The summed E-state index contributed by atoms with van der Waals surface area (Å²) in [5, 5.41) is 6.03. The molecule has 4 rings (SSSR count). The van der Waals surface area contributed by atoms with E-state index in [1.165, 1.54) is 12.8 Å². The predicted molar refractivity (Wildman–Crippen MR) is 97.3 cm³/mol. The number of nitrogens with one attached hydrogen (secondary N) is 1. The van der Waals surface area contributed by atoms with Gasteiger partial charge in [-0.2, -0.15) is 0 Å². The minimum absolute atomic E-state index is 0.183. The molecule has 2 nitrogen and oxygen atoms in total. The van der Waals surface area contributed by atoms with Gasteiger partial charge in [0, 0.05) is 17.3 Å². The number of pyridine rings is 1. The van der Waals surface area contributed by atoms with Gasteiger partial charge in [0.2, 0.25) is 0 Å². The number of fused-ring (bicyclic) bond motifs is 1. The second kappa shape index (κ2) is 6.03. The molecular formula is C19H16Cl2N2. The van der Waals surface area contributed by atoms with Crippen molar-refractivity contribution in [3.8, 4) is 0 Å². The highest BCUT2D eigenvalue weighted by molar-refractivity contribution is 6.42. The van der Waals surface area contributed by atoms with E-state index in [9.17, 15) is 0 Å². The largest absolute Gasteiger partial charge is 0.378 e. The Morgan fingerprint density at radius 2 is 1.91 bits per heavy atom. The van der Waals surface area contributed by atoms with E-state index in [0.717, 1.165) is 22.2 Å². The molecule has 1 N–H and O–H groups in total. The van der Waals surface area contributed by atoms with Crippen molar-refractivity contribution in [3.63, 3.8) is 0 Å². The van der Waals surface area contributed by atoms with Gasteiger partial charge in [0.25, 0.3) is 0 Å². The molecule has 1 heterocycles. The Labute approximate surface area is 145 Å². The van der Waals surface area contributed by atoms with Gasteiger partial charge in [-0.1, -0.05) is 47.5 Å². The van der Waals surface area contributed by atoms with Crippen LogP contribution in [0.4, 0.5) is 5.69 Å². The van der Waals surface area contributed by atoms with Crippen molar-refractivity contribution in [1.29, 1.82) is 0 Å². The number of hydrogen-bond donors (Lipinski definition) is 1. The summed E-state index contributed by atoms with van der Waals surface area (Å²) in [6.07, 6.45) is 4.25. The fourth-order valence-electron chi connectivity index (χ4n) is 2.98. The third kappa shape index (κ3) is 3.01. The second-order valence-corrected chi connectivity index (χ2v) is 6.80. The van der Waals surface area contributed by atoms with Gasteiger partial charge >= 0.3 is 0 Å². The normalized spacial score (nSPS) is 15.6. The smallest absolute Gasteiger partial charge is 0.0722 e. The molecule has 1 aromatic heterocycles. The maximum atomic E-state index is 6.44. The first-order chi connectivity index (χ1) is 11.2. The van der Waals surface area contributed by atoms with Crippen molar-refractivity contribution in [2.24, 2.45) is 5.92 Å². The average molecular weight is 343 g/mol. The van der Waals surface area contributed by atoms with Crippen LogP contribution in [-0.4, -0.2) is 4.98 Å². The van der Waals surface area contributed by atoms with E-state index in [4.69, 9.17) is 23.2 Å². The maximum Gasteiger partial charge on any atom is 0.0722 e. The zero-order chi connectivity index (χ0) is 15.8. The van der Waals surface area contributed by atoms with E-state index in [-0.39, 0.29) is 6.04 Å². The number of anilines is 1. The second-order valence-electron chi connectivity index (χ2n) is 6.01. The zero-order valence-corrected chi connectivity index (χ0v) is 14.0. The Bertz CT molecular complexity index is 859. The minimum Gasteiger partial charge on any atom is -0.378 e. The molecule has 116 valence electrons. The summed E-state index contributed by atoms with van der Waals surface area (Å²) in [5.74, 6) is 0.602. The summed E-state index contributed by atoms with van der Waals surface area (Å²) in [7, 11) is 0. The van der Waals surface area contributed by atoms with Crippen molar-refractivity contribution in [3.05, 3.63) is 70.3 Å². The van der Waals surface area contributed by atoms with E-state index in [0.29, 0.717) is 16.0 Å². The molecule has 1 aliphatic rings. The van der Waals surface area contributed by atoms with Gasteiger partial charge < -0.3 is 5.32 Å². The number of aromatic nitrogens is 1. The Balaban J connectivity index is 1.69. The van der Waals surface area contributed by atoms with E-state index >= 15 is 0 Å². The van der Waals surface area contributed by atoms with Gasteiger partial charge in [0.15, 0.2) is 0 Å². The van der Waals surface area contributed by atoms with Crippen molar-refractivity contribution in [1.82, 2.24) is 4.98 Å². The standard InChI is InChI=1S/C19H16Cl2N2/c20-16-5-1-4-15(18(16)21)19(13-6-7-13)23-14-9-8-12-3-2-10-22-17(12)11-14/h1-5,8-11,13,19,23H,6-7H2. The first-order valence-corrected chi connectivity index (χ1v) is 8.53. The topological polar surface area (TPSA) is 24.9 Å². The van der Waals surface area contributed by atoms with Gasteiger partial charge in [-0.05, 0) is 48.6 Å². The van der Waals surface area contributed by atoms with Crippen LogP contribution < -0.4 is 5.32 Å². The molecule has 0 saturated heterocycles. The lowest BCUT2D eigenvalue weighted by molar-refractivity contribution is 0.679. The van der Waals surface area contributed by atoms with Crippen molar-refractivity contribution >= 4 is 39.8 Å². The van der Waals surface area contributed by atoms with E-state index in [1.807, 2.05) is 24.4 Å². The summed E-state index contributed by atoms with van der Waals surface area (Å²) in [6, 6.07) is 16.3. The average Bonchev–Trinajstić information content (AvgIpc) is 3.40. The fraction of sp³-hybridized carbons (Fsp3) is 0.211. The molecule has 1 aliphatic carbocycles. The summed E-state index contributed by atoms with van der Waals surface area (Å²) in [5.41, 5.74) is 3.12. The van der Waals surface area contributed by atoms with Crippen LogP contribution in [0.25, 0.3) is 10.9 Å². The molecule has 1 saturated carbocycles. The molecule has 0 radical (unpaired) electrons. The third-order valence-corrected chi connectivity index (χ3v) is 5.17. The number of benzene rings is 2. The highest BCUT2D eigenvalue weighted by Gasteiger charge is 2.33. The predicted octanol–water partition coefficient (Wildman–Crippen LogP) is 6.10. The molecule has 1 atom stereocenters. The quantitative estimate of drug-likeness (QED) is 0.619. The van der Waals surface area contributed by atoms with Crippen LogP contribution in [0.3, 0.4) is 0 Å². The fourth-order valence-corrected chi connectivity index (χ4v) is 3.40. The highest BCUT2D eigenvalue weighted by atomic mass is 35.5. The van der Waals surface area contributed by atoms with Crippen molar-refractivity contribution < 1.29 is 0 Å². The molecule has 0 amide bonds. The number of halogens is 2. The van der Waals surface area contributed by atoms with E-state index in [1.54, 1.807) is 0 Å². The van der Waals surface area contributed by atoms with Crippen LogP contribution in [0.2, 0.25) is 10.0 Å². The van der Waals surface area contributed by atoms with E-state index < -0.39 is 0 Å². The zero-order valence-electron chi connectivity index (χ0n) is 12.5. The maximum absolute atomic E-state index is 6.44.